The highest BCUT2D eigenvalue weighted by Gasteiger charge is 2.41. The van der Waals surface area contributed by atoms with E-state index in [1.807, 2.05) is 30.3 Å². The number of amides is 2. The Hall–Kier alpha value is -1.69. The monoisotopic (exact) mass is 350 g/mol. The smallest absolute Gasteiger partial charge is 0.329 e. The van der Waals surface area contributed by atoms with Gasteiger partial charge in [-0.3, -0.25) is 4.90 Å². The van der Waals surface area contributed by atoms with Crippen LogP contribution in [0.5, 0.6) is 0 Å². The van der Waals surface area contributed by atoms with E-state index in [0.717, 1.165) is 31.2 Å². The van der Waals surface area contributed by atoms with Crippen LogP contribution in [-0.4, -0.2) is 41.2 Å². The number of thioether (sulfide) groups is 1. The molecule has 0 bridgehead atoms. The highest BCUT2D eigenvalue weighted by atomic mass is 32.2. The van der Waals surface area contributed by atoms with Crippen LogP contribution in [0.4, 0.5) is 4.79 Å². The van der Waals surface area contributed by atoms with Crippen LogP contribution in [0.2, 0.25) is 0 Å². The third-order valence-corrected chi connectivity index (χ3v) is 5.50. The molecule has 5 nitrogen and oxygen atoms in total. The number of urea groups is 1. The molecule has 24 heavy (non-hydrogen) atoms. The predicted molar refractivity (Wildman–Crippen MR) is 96.7 cm³/mol. The minimum atomic E-state index is -0.498. The van der Waals surface area contributed by atoms with E-state index < -0.39 is 6.04 Å². The molecule has 0 saturated carbocycles. The third-order valence-electron chi connectivity index (χ3n) is 4.14. The summed E-state index contributed by atoms with van der Waals surface area (Å²) in [5.41, 5.74) is 1.04. The van der Waals surface area contributed by atoms with E-state index in [-0.39, 0.29) is 17.4 Å². The lowest BCUT2D eigenvalue weighted by atomic mass is 10.2. The Kier molecular flexibility index (Phi) is 7.43. The number of methoxy groups -OCH3 is 1. The van der Waals surface area contributed by atoms with Crippen LogP contribution in [0.3, 0.4) is 0 Å². The van der Waals surface area contributed by atoms with Crippen LogP contribution in [-0.2, 0) is 16.1 Å². The number of esters is 1. The number of nitrogens with one attached hydrogen (secondary N) is 1. The molecule has 1 aliphatic heterocycles. The van der Waals surface area contributed by atoms with Crippen molar-refractivity contribution >= 4 is 23.8 Å². The molecule has 1 aromatic rings. The summed E-state index contributed by atoms with van der Waals surface area (Å²) in [5, 5.41) is 2.97. The summed E-state index contributed by atoms with van der Waals surface area (Å²) >= 11 is 1.67. The highest BCUT2D eigenvalue weighted by Crippen LogP contribution is 2.33. The zero-order valence-corrected chi connectivity index (χ0v) is 15.2. The van der Waals surface area contributed by atoms with E-state index in [1.165, 1.54) is 7.11 Å². The van der Waals surface area contributed by atoms with E-state index in [9.17, 15) is 9.59 Å². The van der Waals surface area contributed by atoms with Gasteiger partial charge in [0.2, 0.25) is 0 Å². The number of hydrogen-bond acceptors (Lipinski definition) is 4. The molecule has 1 saturated heterocycles. The average molecular weight is 350 g/mol. The summed E-state index contributed by atoms with van der Waals surface area (Å²) in [7, 11) is 1.37. The van der Waals surface area contributed by atoms with Crippen LogP contribution in [0.1, 0.15) is 38.2 Å². The van der Waals surface area contributed by atoms with Gasteiger partial charge in [-0.15, -0.1) is 11.8 Å². The van der Waals surface area contributed by atoms with Crippen LogP contribution < -0.4 is 5.32 Å². The minimum absolute atomic E-state index is 0.0384. The molecule has 2 unspecified atom stereocenters. The fourth-order valence-corrected chi connectivity index (χ4v) is 4.25. The molecule has 1 fully saturated rings. The number of carbonyl (C=O) groups excluding carboxylic acids is 2. The van der Waals surface area contributed by atoms with E-state index in [0.29, 0.717) is 12.3 Å². The van der Waals surface area contributed by atoms with Crippen LogP contribution in [0.15, 0.2) is 30.3 Å². The van der Waals surface area contributed by atoms with Gasteiger partial charge in [0.25, 0.3) is 0 Å². The lowest BCUT2D eigenvalue weighted by molar-refractivity contribution is -0.144. The number of carbonyl (C=O) groups is 2. The second-order valence-electron chi connectivity index (χ2n) is 5.87. The minimum Gasteiger partial charge on any atom is -0.467 e. The first-order valence-electron chi connectivity index (χ1n) is 8.47. The lowest BCUT2D eigenvalue weighted by Crippen LogP contribution is -2.50. The molecule has 0 aromatic heterocycles. The molecular weight excluding hydrogens is 324 g/mol. The molecule has 1 aromatic carbocycles. The molecule has 0 spiro atoms. The van der Waals surface area contributed by atoms with Gasteiger partial charge in [-0.05, 0) is 12.0 Å². The zero-order chi connectivity index (χ0) is 17.4. The normalized spacial score (nSPS) is 20.0. The van der Waals surface area contributed by atoms with E-state index in [2.05, 4.69) is 12.2 Å². The van der Waals surface area contributed by atoms with Crippen molar-refractivity contribution < 1.29 is 14.3 Å². The number of nitrogens with zero attached hydrogens (tertiary/aromatic N) is 1. The van der Waals surface area contributed by atoms with Gasteiger partial charge in [-0.1, -0.05) is 56.5 Å². The van der Waals surface area contributed by atoms with Crippen molar-refractivity contribution in [1.82, 2.24) is 10.2 Å². The topological polar surface area (TPSA) is 58.6 Å². The quantitative estimate of drug-likeness (QED) is 0.605. The van der Waals surface area contributed by atoms with Gasteiger partial charge in [-0.2, -0.15) is 0 Å². The van der Waals surface area contributed by atoms with Gasteiger partial charge in [0.05, 0.1) is 12.5 Å². The largest absolute Gasteiger partial charge is 0.467 e. The molecule has 132 valence electrons. The molecule has 2 atom stereocenters. The molecule has 6 heteroatoms. The summed E-state index contributed by atoms with van der Waals surface area (Å²) in [6, 6.07) is 9.07. The summed E-state index contributed by atoms with van der Waals surface area (Å²) < 4.78 is 4.88. The Bertz CT molecular complexity index is 538. The Morgan fingerprint density at radius 1 is 1.29 bits per heavy atom. The van der Waals surface area contributed by atoms with Crippen molar-refractivity contribution in [3.8, 4) is 0 Å². The summed E-state index contributed by atoms with van der Waals surface area (Å²) in [6.45, 7) is 2.61. The Morgan fingerprint density at radius 3 is 2.71 bits per heavy atom. The third kappa shape index (κ3) is 4.90. The maximum absolute atomic E-state index is 12.7. The standard InChI is InChI=1S/C18H26N2O3S/c1-3-4-6-11-16-20(15(13-24-16)17(21)23-2)18(22)19-12-14-9-7-5-8-10-14/h5,7-10,15-16H,3-4,6,11-13H2,1-2H3,(H,19,22). The maximum Gasteiger partial charge on any atom is 0.329 e. The molecule has 2 rings (SSSR count). The fourth-order valence-electron chi connectivity index (χ4n) is 2.81. The van der Waals surface area contributed by atoms with Crippen molar-refractivity contribution in [1.29, 1.82) is 0 Å². The van der Waals surface area contributed by atoms with E-state index in [4.69, 9.17) is 4.74 Å². The van der Waals surface area contributed by atoms with Gasteiger partial charge in [0, 0.05) is 12.3 Å². The van der Waals surface area contributed by atoms with Gasteiger partial charge >= 0.3 is 12.0 Å². The Balaban J connectivity index is 2.00. The summed E-state index contributed by atoms with van der Waals surface area (Å²) in [6.07, 6.45) is 4.24. The first kappa shape index (κ1) is 18.6. The van der Waals surface area contributed by atoms with Crippen LogP contribution in [0, 0.1) is 0 Å². The number of hydrogen-bond donors (Lipinski definition) is 1. The fraction of sp³-hybridized carbons (Fsp3) is 0.556. The molecule has 1 heterocycles. The molecule has 1 aliphatic rings. The van der Waals surface area contributed by atoms with E-state index in [1.54, 1.807) is 16.7 Å². The lowest BCUT2D eigenvalue weighted by Gasteiger charge is -2.28. The summed E-state index contributed by atoms with van der Waals surface area (Å²) in [4.78, 5) is 26.4. The van der Waals surface area contributed by atoms with Crippen LogP contribution >= 0.6 is 11.8 Å². The summed E-state index contributed by atoms with van der Waals surface area (Å²) in [5.74, 6) is 0.262. The average Bonchev–Trinajstić information content (AvgIpc) is 3.04. The number of unbranched alkanes of at least 4 members (excludes halogenated alkanes) is 2. The number of benzene rings is 1. The predicted octanol–water partition coefficient (Wildman–Crippen LogP) is 3.39. The van der Waals surface area contributed by atoms with Crippen molar-refractivity contribution in [2.24, 2.45) is 0 Å². The molecule has 2 amide bonds. The van der Waals surface area contributed by atoms with Gasteiger partial charge in [0.1, 0.15) is 6.04 Å². The van der Waals surface area contributed by atoms with Crippen molar-refractivity contribution in [2.75, 3.05) is 12.9 Å². The zero-order valence-electron chi connectivity index (χ0n) is 14.4. The van der Waals surface area contributed by atoms with Gasteiger partial charge in [-0.25, -0.2) is 9.59 Å². The first-order chi connectivity index (χ1) is 11.7. The Labute approximate surface area is 148 Å². The molecule has 1 N–H and O–H groups in total. The number of ether oxygens (including phenoxy) is 1. The highest BCUT2D eigenvalue weighted by molar-refractivity contribution is 8.00. The van der Waals surface area contributed by atoms with Crippen molar-refractivity contribution in [3.63, 3.8) is 0 Å². The molecule has 0 aliphatic carbocycles. The van der Waals surface area contributed by atoms with Gasteiger partial charge in [0.15, 0.2) is 0 Å². The molecule has 0 radical (unpaired) electrons. The number of rotatable bonds is 7. The molecular formula is C18H26N2O3S. The Morgan fingerprint density at radius 2 is 2.04 bits per heavy atom. The van der Waals surface area contributed by atoms with Crippen molar-refractivity contribution in [3.05, 3.63) is 35.9 Å². The van der Waals surface area contributed by atoms with Crippen molar-refractivity contribution in [2.45, 2.75) is 50.6 Å². The van der Waals surface area contributed by atoms with Gasteiger partial charge < -0.3 is 10.1 Å². The van der Waals surface area contributed by atoms with Crippen LogP contribution in [0.25, 0.3) is 0 Å². The SMILES string of the molecule is CCCCCC1SCC(C(=O)OC)N1C(=O)NCc1ccccc1. The second-order valence-corrected chi connectivity index (χ2v) is 7.09. The first-order valence-corrected chi connectivity index (χ1v) is 9.51. The van der Waals surface area contributed by atoms with E-state index >= 15 is 0 Å². The second kappa shape index (κ2) is 9.57. The maximum atomic E-state index is 12.7.